The van der Waals surface area contributed by atoms with Crippen molar-refractivity contribution in [2.75, 3.05) is 10.6 Å². The number of rotatable bonds is 5. The highest BCUT2D eigenvalue weighted by Crippen LogP contribution is 2.24. The Kier molecular flexibility index (Phi) is 5.16. The maximum Gasteiger partial charge on any atom is 0.258 e. The summed E-state index contributed by atoms with van der Waals surface area (Å²) in [7, 11) is 0. The van der Waals surface area contributed by atoms with Crippen LogP contribution in [-0.4, -0.2) is 20.9 Å². The molecule has 2 heterocycles. The van der Waals surface area contributed by atoms with Gasteiger partial charge in [-0.1, -0.05) is 43.3 Å². The quantitative estimate of drug-likeness (QED) is 0.513. The van der Waals surface area contributed by atoms with Gasteiger partial charge in [0.05, 0.1) is 16.8 Å². The molecule has 0 radical (unpaired) electrons. The van der Waals surface area contributed by atoms with Crippen LogP contribution in [0.15, 0.2) is 67.1 Å². The topological polar surface area (TPSA) is 79.8 Å². The molecule has 2 N–H and O–H groups in total. The van der Waals surface area contributed by atoms with Crippen molar-refractivity contribution in [1.29, 1.82) is 0 Å². The molecule has 0 spiro atoms. The van der Waals surface area contributed by atoms with E-state index in [1.165, 1.54) is 12.4 Å². The van der Waals surface area contributed by atoms with E-state index < -0.39 is 0 Å². The minimum Gasteiger partial charge on any atom is -0.322 e. The third kappa shape index (κ3) is 3.91. The van der Waals surface area contributed by atoms with Crippen LogP contribution in [0.5, 0.6) is 0 Å². The van der Waals surface area contributed by atoms with E-state index in [2.05, 4.69) is 32.5 Å². The molecule has 0 unspecified atom stereocenters. The fourth-order valence-electron chi connectivity index (χ4n) is 3.22. The molecular weight excluding hydrogens is 362 g/mol. The number of aryl methyl sites for hydroxylation is 2. The lowest BCUT2D eigenvalue weighted by molar-refractivity contribution is 0.102. The molecule has 0 aliphatic carbocycles. The largest absolute Gasteiger partial charge is 0.322 e. The van der Waals surface area contributed by atoms with Crippen molar-refractivity contribution in [3.05, 3.63) is 83.8 Å². The maximum absolute atomic E-state index is 12.7. The van der Waals surface area contributed by atoms with Gasteiger partial charge in [-0.05, 0) is 36.6 Å². The van der Waals surface area contributed by atoms with Crippen LogP contribution in [0.25, 0.3) is 10.9 Å². The molecule has 0 atom stereocenters. The first-order valence-electron chi connectivity index (χ1n) is 9.48. The first kappa shape index (κ1) is 18.6. The second-order valence-electron chi connectivity index (χ2n) is 6.72. The zero-order valence-electron chi connectivity index (χ0n) is 16.3. The predicted molar refractivity (Wildman–Crippen MR) is 116 cm³/mol. The molecule has 0 aliphatic heterocycles. The van der Waals surface area contributed by atoms with Crippen LogP contribution in [0.1, 0.15) is 28.4 Å². The van der Waals surface area contributed by atoms with E-state index in [4.69, 9.17) is 0 Å². The molecule has 0 bridgehead atoms. The Balaban J connectivity index is 1.53. The van der Waals surface area contributed by atoms with Gasteiger partial charge < -0.3 is 10.6 Å². The number of para-hydroxylation sites is 2. The van der Waals surface area contributed by atoms with Crippen molar-refractivity contribution in [2.24, 2.45) is 0 Å². The fraction of sp³-hybridized carbons (Fsp3) is 0.130. The highest BCUT2D eigenvalue weighted by Gasteiger charge is 2.12. The molecule has 0 aliphatic rings. The number of nitrogens with zero attached hydrogens (tertiary/aromatic N) is 3. The van der Waals surface area contributed by atoms with Gasteiger partial charge in [-0.25, -0.2) is 9.97 Å². The van der Waals surface area contributed by atoms with Gasteiger partial charge >= 0.3 is 0 Å². The normalized spacial score (nSPS) is 10.7. The standard InChI is InChI=1S/C23H21N5O/c1-3-16-8-4-7-15(2)20(16)28-22(29)18-13-25-23(26-14-18)27-19-11-5-9-17-10-6-12-24-21(17)19/h4-14H,3H2,1-2H3,(H,28,29)(H,25,26,27). The molecule has 0 fully saturated rings. The van der Waals surface area contributed by atoms with E-state index >= 15 is 0 Å². The van der Waals surface area contributed by atoms with Gasteiger partial charge in [0.15, 0.2) is 0 Å². The minimum absolute atomic E-state index is 0.229. The third-order valence-corrected chi connectivity index (χ3v) is 4.77. The van der Waals surface area contributed by atoms with Crippen LogP contribution in [0, 0.1) is 6.92 Å². The second-order valence-corrected chi connectivity index (χ2v) is 6.72. The SMILES string of the molecule is CCc1cccc(C)c1NC(=O)c1cnc(Nc2cccc3cccnc23)nc1. The van der Waals surface area contributed by atoms with Gasteiger partial charge in [0.2, 0.25) is 5.95 Å². The Morgan fingerprint density at radius 1 is 0.966 bits per heavy atom. The number of anilines is 3. The molecule has 2 aromatic heterocycles. The summed E-state index contributed by atoms with van der Waals surface area (Å²) in [5, 5.41) is 7.19. The summed E-state index contributed by atoms with van der Waals surface area (Å²) in [6, 6.07) is 15.8. The van der Waals surface area contributed by atoms with Crippen molar-refractivity contribution in [3.63, 3.8) is 0 Å². The van der Waals surface area contributed by atoms with Gasteiger partial charge in [0.25, 0.3) is 5.91 Å². The maximum atomic E-state index is 12.7. The molecule has 144 valence electrons. The zero-order valence-corrected chi connectivity index (χ0v) is 16.3. The third-order valence-electron chi connectivity index (χ3n) is 4.77. The predicted octanol–water partition coefficient (Wildman–Crippen LogP) is 4.89. The molecular formula is C23H21N5O. The summed E-state index contributed by atoms with van der Waals surface area (Å²) in [4.78, 5) is 25.7. The summed E-state index contributed by atoms with van der Waals surface area (Å²) >= 11 is 0. The van der Waals surface area contributed by atoms with Crippen molar-refractivity contribution < 1.29 is 4.79 Å². The van der Waals surface area contributed by atoms with Crippen molar-refractivity contribution in [1.82, 2.24) is 15.0 Å². The van der Waals surface area contributed by atoms with E-state index in [0.29, 0.717) is 11.5 Å². The number of hydrogen-bond acceptors (Lipinski definition) is 5. The Labute approximate surface area is 169 Å². The van der Waals surface area contributed by atoms with E-state index in [1.807, 2.05) is 55.5 Å². The number of amides is 1. The molecule has 29 heavy (non-hydrogen) atoms. The Hall–Kier alpha value is -3.80. The number of benzene rings is 2. The minimum atomic E-state index is -0.229. The summed E-state index contributed by atoms with van der Waals surface area (Å²) in [5.74, 6) is 0.178. The number of pyridine rings is 1. The number of fused-ring (bicyclic) bond motifs is 1. The van der Waals surface area contributed by atoms with Crippen LogP contribution < -0.4 is 10.6 Å². The van der Waals surface area contributed by atoms with Crippen molar-refractivity contribution >= 4 is 34.1 Å². The zero-order chi connectivity index (χ0) is 20.2. The van der Waals surface area contributed by atoms with Gasteiger partial charge in [0, 0.05) is 29.7 Å². The molecule has 6 heteroatoms. The van der Waals surface area contributed by atoms with Crippen LogP contribution in [-0.2, 0) is 6.42 Å². The molecule has 6 nitrogen and oxygen atoms in total. The Bertz CT molecular complexity index is 1170. The number of aromatic nitrogens is 3. The number of nitrogens with one attached hydrogen (secondary N) is 2. The van der Waals surface area contributed by atoms with E-state index in [0.717, 1.165) is 39.8 Å². The molecule has 4 aromatic rings. The Morgan fingerprint density at radius 3 is 2.52 bits per heavy atom. The average molecular weight is 383 g/mol. The van der Waals surface area contributed by atoms with Crippen LogP contribution in [0.2, 0.25) is 0 Å². The van der Waals surface area contributed by atoms with Gasteiger partial charge in [-0.2, -0.15) is 0 Å². The average Bonchev–Trinajstić information content (AvgIpc) is 2.76. The number of carbonyl (C=O) groups excluding carboxylic acids is 1. The van der Waals surface area contributed by atoms with E-state index in [1.54, 1.807) is 6.20 Å². The van der Waals surface area contributed by atoms with Gasteiger partial charge in [0.1, 0.15) is 0 Å². The second kappa shape index (κ2) is 8.06. The molecule has 0 saturated carbocycles. The van der Waals surface area contributed by atoms with Crippen LogP contribution >= 0.6 is 0 Å². The summed E-state index contributed by atoms with van der Waals surface area (Å²) in [5.41, 5.74) is 5.03. The van der Waals surface area contributed by atoms with Crippen molar-refractivity contribution in [3.8, 4) is 0 Å². The van der Waals surface area contributed by atoms with E-state index in [-0.39, 0.29) is 5.91 Å². The molecule has 4 rings (SSSR count). The van der Waals surface area contributed by atoms with Crippen molar-refractivity contribution in [2.45, 2.75) is 20.3 Å². The molecule has 2 aromatic carbocycles. The monoisotopic (exact) mass is 383 g/mol. The first-order valence-corrected chi connectivity index (χ1v) is 9.48. The first-order chi connectivity index (χ1) is 14.2. The highest BCUT2D eigenvalue weighted by molar-refractivity contribution is 6.04. The van der Waals surface area contributed by atoms with Gasteiger partial charge in [-0.15, -0.1) is 0 Å². The number of hydrogen-bond donors (Lipinski definition) is 2. The highest BCUT2D eigenvalue weighted by atomic mass is 16.1. The fourth-order valence-corrected chi connectivity index (χ4v) is 3.22. The summed E-state index contributed by atoms with van der Waals surface area (Å²) in [6.45, 7) is 4.05. The van der Waals surface area contributed by atoms with E-state index in [9.17, 15) is 4.79 Å². The summed E-state index contributed by atoms with van der Waals surface area (Å²) < 4.78 is 0. The molecule has 0 saturated heterocycles. The lowest BCUT2D eigenvalue weighted by Gasteiger charge is -2.13. The van der Waals surface area contributed by atoms with Gasteiger partial charge in [-0.3, -0.25) is 9.78 Å². The van der Waals surface area contributed by atoms with Crippen LogP contribution in [0.4, 0.5) is 17.3 Å². The lowest BCUT2D eigenvalue weighted by Crippen LogP contribution is -2.15. The lowest BCUT2D eigenvalue weighted by atomic mass is 10.1. The molecule has 1 amide bonds. The Morgan fingerprint density at radius 2 is 1.72 bits per heavy atom. The smallest absolute Gasteiger partial charge is 0.258 e. The summed E-state index contributed by atoms with van der Waals surface area (Å²) in [6.07, 6.45) is 5.63. The van der Waals surface area contributed by atoms with Crippen LogP contribution in [0.3, 0.4) is 0 Å². The number of carbonyl (C=O) groups is 1.